The molecule has 304 valence electrons. The molecule has 0 radical (unpaired) electrons. The van der Waals surface area contributed by atoms with Gasteiger partial charge in [-0.3, -0.25) is 19.4 Å². The molecule has 0 aromatic heterocycles. The number of morpholine rings is 1. The van der Waals surface area contributed by atoms with Crippen LogP contribution in [0.3, 0.4) is 0 Å². The normalized spacial score (nSPS) is 48.7. The highest BCUT2D eigenvalue weighted by Gasteiger charge is 2.85. The maximum atomic E-state index is 15.1. The van der Waals surface area contributed by atoms with Gasteiger partial charge in [0, 0.05) is 50.5 Å². The molecule has 9 fully saturated rings. The summed E-state index contributed by atoms with van der Waals surface area (Å²) < 4.78 is 31.4. The van der Waals surface area contributed by atoms with Crippen LogP contribution in [0.25, 0.3) is 0 Å². The maximum absolute atomic E-state index is 15.1. The fourth-order valence-electron chi connectivity index (χ4n) is 15.6. The van der Waals surface area contributed by atoms with Crippen molar-refractivity contribution >= 4 is 11.8 Å². The second-order valence-corrected chi connectivity index (χ2v) is 21.4. The molecule has 2 spiro atoms. The molecule has 1 N–H and O–H groups in total. The first-order chi connectivity index (χ1) is 25.5. The Bertz CT molecular complexity index is 1490. The first-order valence-electron chi connectivity index (χ1n) is 21.9. The minimum absolute atomic E-state index is 0.0253. The fourth-order valence-corrected chi connectivity index (χ4v) is 15.6. The number of rotatable bonds is 7. The van der Waals surface area contributed by atoms with Crippen LogP contribution in [0.5, 0.6) is 0 Å². The number of Topliss-reactive ketones (excluding diaryl/α,β-unsaturated/α-hetero) is 1. The second-order valence-electron chi connectivity index (χ2n) is 21.4. The molecular weight excluding hydrogens is 684 g/mol. The summed E-state index contributed by atoms with van der Waals surface area (Å²) in [7, 11) is 0. The minimum atomic E-state index is -1.28. The molecule has 4 saturated heterocycles. The van der Waals surface area contributed by atoms with Crippen molar-refractivity contribution in [1.82, 2.24) is 9.80 Å². The number of hydrogen-bond donors (Lipinski definition) is 1. The van der Waals surface area contributed by atoms with Crippen molar-refractivity contribution < 1.29 is 38.4 Å². The third-order valence-corrected chi connectivity index (χ3v) is 18.4. The first-order valence-corrected chi connectivity index (χ1v) is 21.9. The standard InChI is InChI=1S/C44H70N2O8/c1-26-21-30(38(40(5,6)49)52-27(2)47)53-36-35(26)41(7)15-16-44-25-43(44)14-11-33(39(3,4)31(43)9-10-32(44)42(41,8)37(36)48)54-34-22-46(19-20-51-34)28-12-17-45(18-13-28)29-23-50-24-29/h26,28-36,38,49H,9-25H2,1-8H3/t26-,30?,31+,32?,33+,34+,35+,36?,38+,41?,42-,43?,44?/m1/s1. The smallest absolute Gasteiger partial charge is 0.303 e. The molecule has 54 heavy (non-hydrogen) atoms. The molecule has 4 aliphatic heterocycles. The van der Waals surface area contributed by atoms with E-state index < -0.39 is 35.3 Å². The topological polar surface area (TPSA) is 107 Å². The van der Waals surface area contributed by atoms with Crippen LogP contribution in [0.2, 0.25) is 0 Å². The third kappa shape index (κ3) is 5.41. The van der Waals surface area contributed by atoms with Gasteiger partial charge in [-0.2, -0.15) is 0 Å². The lowest BCUT2D eigenvalue weighted by Crippen LogP contribution is -2.60. The van der Waals surface area contributed by atoms with Crippen molar-refractivity contribution in [2.24, 2.45) is 50.7 Å². The van der Waals surface area contributed by atoms with Gasteiger partial charge in [0.05, 0.1) is 43.7 Å². The number of nitrogens with zero attached hydrogens (tertiary/aromatic N) is 2. The first kappa shape index (κ1) is 38.4. The van der Waals surface area contributed by atoms with Gasteiger partial charge in [-0.25, -0.2) is 0 Å². The molecule has 10 heteroatoms. The van der Waals surface area contributed by atoms with Crippen LogP contribution in [-0.4, -0.2) is 121 Å². The molecule has 5 saturated carbocycles. The van der Waals surface area contributed by atoms with E-state index in [1.807, 2.05) is 0 Å². The monoisotopic (exact) mass is 755 g/mol. The van der Waals surface area contributed by atoms with Gasteiger partial charge in [0.25, 0.3) is 0 Å². The van der Waals surface area contributed by atoms with Crippen LogP contribution < -0.4 is 0 Å². The van der Waals surface area contributed by atoms with Crippen LogP contribution in [0.4, 0.5) is 0 Å². The molecule has 9 rings (SSSR count). The van der Waals surface area contributed by atoms with Crippen molar-refractivity contribution in [2.75, 3.05) is 46.0 Å². The number of piperidine rings is 1. The van der Waals surface area contributed by atoms with Gasteiger partial charge in [-0.1, -0.05) is 34.6 Å². The lowest BCUT2D eigenvalue weighted by molar-refractivity contribution is -0.250. The number of hydrogen-bond acceptors (Lipinski definition) is 10. The van der Waals surface area contributed by atoms with E-state index in [9.17, 15) is 9.90 Å². The molecule has 0 bridgehead atoms. The number of likely N-dealkylation sites (tertiary alicyclic amines) is 1. The van der Waals surface area contributed by atoms with Crippen molar-refractivity contribution in [1.29, 1.82) is 0 Å². The summed E-state index contributed by atoms with van der Waals surface area (Å²) in [5.41, 5.74) is -1.41. The molecule has 9 aliphatic rings. The van der Waals surface area contributed by atoms with E-state index in [0.29, 0.717) is 30.3 Å². The Labute approximate surface area is 324 Å². The molecule has 0 aromatic rings. The average Bonchev–Trinajstić information content (AvgIpc) is 3.72. The van der Waals surface area contributed by atoms with Gasteiger partial charge < -0.3 is 28.8 Å². The molecule has 0 amide bonds. The quantitative estimate of drug-likeness (QED) is 0.330. The molecular formula is C44H70N2O8. The molecule has 6 unspecified atom stereocenters. The zero-order chi connectivity index (χ0) is 38.2. The largest absolute Gasteiger partial charge is 0.457 e. The zero-order valence-corrected chi connectivity index (χ0v) is 34.6. The number of ketones is 1. The van der Waals surface area contributed by atoms with Crippen LogP contribution in [0, 0.1) is 50.7 Å². The molecule has 10 nitrogen and oxygen atoms in total. The average molecular weight is 755 g/mol. The van der Waals surface area contributed by atoms with Crippen molar-refractivity contribution in [3.63, 3.8) is 0 Å². The lowest BCUT2D eigenvalue weighted by Gasteiger charge is -2.62. The predicted molar refractivity (Wildman–Crippen MR) is 202 cm³/mol. The Morgan fingerprint density at radius 1 is 0.926 bits per heavy atom. The molecule has 13 atom stereocenters. The second kappa shape index (κ2) is 12.9. The van der Waals surface area contributed by atoms with Gasteiger partial charge in [0.1, 0.15) is 6.10 Å². The number of carbonyl (C=O) groups is 2. The Balaban J connectivity index is 0.895. The van der Waals surface area contributed by atoms with Gasteiger partial charge in [-0.15, -0.1) is 0 Å². The van der Waals surface area contributed by atoms with E-state index in [0.717, 1.165) is 58.6 Å². The van der Waals surface area contributed by atoms with Crippen LogP contribution in [-0.2, 0) is 33.3 Å². The van der Waals surface area contributed by atoms with Gasteiger partial charge >= 0.3 is 5.97 Å². The van der Waals surface area contributed by atoms with Crippen LogP contribution >= 0.6 is 0 Å². The molecule has 5 aliphatic carbocycles. The van der Waals surface area contributed by atoms with E-state index in [4.69, 9.17) is 23.7 Å². The number of ether oxygens (including phenoxy) is 5. The number of aliphatic hydroxyl groups is 1. The van der Waals surface area contributed by atoms with Gasteiger partial charge in [-0.05, 0) is 117 Å². The fraction of sp³-hybridized carbons (Fsp3) is 0.955. The Hall–Kier alpha value is -1.14. The Morgan fingerprint density at radius 3 is 2.30 bits per heavy atom. The Kier molecular flexibility index (Phi) is 9.19. The van der Waals surface area contributed by atoms with Crippen LogP contribution in [0.15, 0.2) is 0 Å². The highest BCUT2D eigenvalue weighted by atomic mass is 16.7. The third-order valence-electron chi connectivity index (χ3n) is 18.4. The summed E-state index contributed by atoms with van der Waals surface area (Å²) in [5, 5.41) is 11.1. The van der Waals surface area contributed by atoms with Crippen LogP contribution in [0.1, 0.15) is 120 Å². The minimum Gasteiger partial charge on any atom is -0.457 e. The van der Waals surface area contributed by atoms with Crippen molar-refractivity contribution in [3.05, 3.63) is 0 Å². The summed E-state index contributed by atoms with van der Waals surface area (Å²) in [5.74, 6) is 1.08. The van der Waals surface area contributed by atoms with Gasteiger partial charge in [0.15, 0.2) is 18.2 Å². The predicted octanol–water partition coefficient (Wildman–Crippen LogP) is 5.62. The SMILES string of the molecule is CC(=O)O[C@@H](C1C[C@@H](C)[C@H]2C(O1)C(=O)[C@@]1(C)C3CC[C@H]4C(C)(C)[C@@H](O[C@H]5CN(C6CCN(C7COC7)CC6)CCO5)CCC45CC35CCC21C)C(C)(C)O. The number of fused-ring (bicyclic) bond motifs is 4. The number of carbonyl (C=O) groups excluding carboxylic acids is 2. The van der Waals surface area contributed by atoms with E-state index in [1.54, 1.807) is 13.8 Å². The Morgan fingerprint density at radius 2 is 1.63 bits per heavy atom. The zero-order valence-electron chi connectivity index (χ0n) is 34.6. The van der Waals surface area contributed by atoms with Gasteiger partial charge in [0.2, 0.25) is 0 Å². The van der Waals surface area contributed by atoms with E-state index >= 15 is 4.79 Å². The summed E-state index contributed by atoms with van der Waals surface area (Å²) in [6.45, 7) is 23.4. The molecule has 0 aromatic carbocycles. The lowest BCUT2D eigenvalue weighted by atomic mass is 9.41. The highest BCUT2D eigenvalue weighted by molar-refractivity contribution is 5.93. The summed E-state index contributed by atoms with van der Waals surface area (Å²) in [4.78, 5) is 32.5. The molecule has 4 heterocycles. The summed E-state index contributed by atoms with van der Waals surface area (Å²) in [6.07, 6.45) is 9.18. The van der Waals surface area contributed by atoms with E-state index in [1.165, 1.54) is 52.1 Å². The summed E-state index contributed by atoms with van der Waals surface area (Å²) >= 11 is 0. The van der Waals surface area contributed by atoms with Crippen molar-refractivity contribution in [2.45, 2.75) is 168 Å². The number of esters is 1. The highest BCUT2D eigenvalue weighted by Crippen LogP contribution is 2.89. The van der Waals surface area contributed by atoms with E-state index in [2.05, 4.69) is 44.4 Å². The maximum Gasteiger partial charge on any atom is 0.303 e. The van der Waals surface area contributed by atoms with E-state index in [-0.39, 0.29) is 51.7 Å². The summed E-state index contributed by atoms with van der Waals surface area (Å²) in [6, 6.07) is 1.24. The van der Waals surface area contributed by atoms with Crippen molar-refractivity contribution in [3.8, 4) is 0 Å².